The molecule has 0 saturated heterocycles. The summed E-state index contributed by atoms with van der Waals surface area (Å²) in [7, 11) is 0. The molecule has 3 heterocycles. The minimum absolute atomic E-state index is 0.0233. The molecule has 0 radical (unpaired) electrons. The van der Waals surface area contributed by atoms with E-state index in [-0.39, 0.29) is 28.8 Å². The van der Waals surface area contributed by atoms with Gasteiger partial charge in [-0.1, -0.05) is 33.6 Å². The van der Waals surface area contributed by atoms with Crippen LogP contribution in [0.15, 0.2) is 18.3 Å². The molecule has 3 aromatic heterocycles. The van der Waals surface area contributed by atoms with Crippen molar-refractivity contribution < 1.29 is 23.1 Å². The number of rotatable bonds is 7. The minimum atomic E-state index is -4.55. The molecule has 1 fully saturated rings. The van der Waals surface area contributed by atoms with Gasteiger partial charge in [0, 0.05) is 12.7 Å². The highest BCUT2D eigenvalue weighted by molar-refractivity contribution is 5.92. The van der Waals surface area contributed by atoms with Gasteiger partial charge in [-0.05, 0) is 55.2 Å². The molecule has 1 aliphatic rings. The number of hydrogen-bond acceptors (Lipinski definition) is 6. The van der Waals surface area contributed by atoms with Crippen LogP contribution in [0.3, 0.4) is 0 Å². The van der Waals surface area contributed by atoms with Crippen molar-refractivity contribution in [1.29, 1.82) is 0 Å². The van der Waals surface area contributed by atoms with E-state index in [1.807, 2.05) is 16.7 Å². The highest BCUT2D eigenvalue weighted by Crippen LogP contribution is 2.35. The molecule has 8 nitrogen and oxygen atoms in total. The lowest BCUT2D eigenvalue weighted by atomic mass is 9.83. The highest BCUT2D eigenvalue weighted by Gasteiger charge is 2.37. The van der Waals surface area contributed by atoms with Crippen LogP contribution in [0, 0.1) is 11.8 Å². The van der Waals surface area contributed by atoms with Crippen molar-refractivity contribution in [3.8, 4) is 11.5 Å². The molecule has 2 N–H and O–H groups in total. The van der Waals surface area contributed by atoms with Crippen molar-refractivity contribution in [2.75, 3.05) is 5.32 Å². The monoisotopic (exact) mass is 504 g/mol. The molecule has 0 unspecified atom stereocenters. The van der Waals surface area contributed by atoms with Gasteiger partial charge in [-0.25, -0.2) is 19.7 Å². The zero-order valence-electron chi connectivity index (χ0n) is 20.8. The Balaban J connectivity index is 1.92. The van der Waals surface area contributed by atoms with Crippen LogP contribution in [-0.4, -0.2) is 47.8 Å². The molecular weight excluding hydrogens is 473 g/mol. The van der Waals surface area contributed by atoms with Gasteiger partial charge in [-0.3, -0.25) is 4.98 Å². The van der Waals surface area contributed by atoms with Gasteiger partial charge in [0.25, 0.3) is 0 Å². The van der Waals surface area contributed by atoms with Crippen molar-refractivity contribution in [2.24, 2.45) is 11.8 Å². The molecule has 0 aliphatic heterocycles. The van der Waals surface area contributed by atoms with E-state index >= 15 is 0 Å². The number of carbonyl (C=O) groups is 1. The summed E-state index contributed by atoms with van der Waals surface area (Å²) < 4.78 is 42.1. The SMILES string of the molecule is CC(C)c1ccnc(-c2nc3nc(C(=O)O)nc(N[C@H](C)C(F)(F)F)c3n2C[C@H]2CC[C@H](C)CC2)c1. The van der Waals surface area contributed by atoms with Crippen LogP contribution < -0.4 is 5.32 Å². The summed E-state index contributed by atoms with van der Waals surface area (Å²) >= 11 is 0. The van der Waals surface area contributed by atoms with E-state index in [2.05, 4.69) is 46.0 Å². The van der Waals surface area contributed by atoms with Crippen LogP contribution in [0.5, 0.6) is 0 Å². The first kappa shape index (κ1) is 25.8. The number of carboxylic acid groups (broad SMARTS) is 1. The fourth-order valence-corrected chi connectivity index (χ4v) is 4.59. The second-order valence-corrected chi connectivity index (χ2v) is 10.1. The van der Waals surface area contributed by atoms with E-state index in [9.17, 15) is 23.1 Å². The molecule has 3 aromatic rings. The van der Waals surface area contributed by atoms with E-state index < -0.39 is 24.0 Å². The number of hydrogen-bond donors (Lipinski definition) is 2. The molecule has 11 heteroatoms. The molecular formula is C25H31F3N6O2. The Morgan fingerprint density at radius 1 is 1.17 bits per heavy atom. The number of nitrogens with one attached hydrogen (secondary N) is 1. The van der Waals surface area contributed by atoms with Gasteiger partial charge in [-0.15, -0.1) is 0 Å². The molecule has 194 valence electrons. The number of halogens is 3. The maximum Gasteiger partial charge on any atom is 0.408 e. The third-order valence-electron chi connectivity index (χ3n) is 6.89. The maximum atomic E-state index is 13.4. The number of fused-ring (bicyclic) bond motifs is 1. The normalized spacial score (nSPS) is 19.6. The van der Waals surface area contributed by atoms with Crippen LogP contribution in [0.4, 0.5) is 19.0 Å². The summed E-state index contributed by atoms with van der Waals surface area (Å²) in [6, 6.07) is 1.86. The third kappa shape index (κ3) is 5.44. The van der Waals surface area contributed by atoms with E-state index in [0.717, 1.165) is 38.2 Å². The Morgan fingerprint density at radius 3 is 2.47 bits per heavy atom. The summed E-state index contributed by atoms with van der Waals surface area (Å²) in [5.74, 6) is -0.681. The molecule has 0 aromatic carbocycles. The van der Waals surface area contributed by atoms with Crippen molar-refractivity contribution >= 4 is 23.0 Å². The highest BCUT2D eigenvalue weighted by atomic mass is 19.4. The average molecular weight is 505 g/mol. The summed E-state index contributed by atoms with van der Waals surface area (Å²) in [4.78, 5) is 28.8. The maximum absolute atomic E-state index is 13.4. The smallest absolute Gasteiger partial charge is 0.408 e. The number of pyridine rings is 1. The summed E-state index contributed by atoms with van der Waals surface area (Å²) in [6.45, 7) is 7.79. The summed E-state index contributed by atoms with van der Waals surface area (Å²) in [5.41, 5.74) is 1.86. The van der Waals surface area contributed by atoms with E-state index in [1.165, 1.54) is 0 Å². The van der Waals surface area contributed by atoms with Crippen molar-refractivity contribution in [1.82, 2.24) is 24.5 Å². The number of aromatic nitrogens is 5. The van der Waals surface area contributed by atoms with Gasteiger partial charge in [0.05, 0.1) is 0 Å². The average Bonchev–Trinajstić information content (AvgIpc) is 3.18. The molecule has 4 rings (SSSR count). The minimum Gasteiger partial charge on any atom is -0.475 e. The zero-order chi connectivity index (χ0) is 26.2. The zero-order valence-corrected chi connectivity index (χ0v) is 20.8. The Morgan fingerprint density at radius 2 is 1.86 bits per heavy atom. The predicted molar refractivity (Wildman–Crippen MR) is 130 cm³/mol. The fraction of sp³-hybridized carbons (Fsp3) is 0.560. The lowest BCUT2D eigenvalue weighted by Crippen LogP contribution is -2.34. The third-order valence-corrected chi connectivity index (χ3v) is 6.89. The van der Waals surface area contributed by atoms with Gasteiger partial charge in [-0.2, -0.15) is 13.2 Å². The molecule has 36 heavy (non-hydrogen) atoms. The Kier molecular flexibility index (Phi) is 7.19. The lowest BCUT2D eigenvalue weighted by molar-refractivity contribution is -0.138. The number of alkyl halides is 3. The molecule has 0 amide bonds. The largest absolute Gasteiger partial charge is 0.475 e. The molecule has 1 saturated carbocycles. The van der Waals surface area contributed by atoms with Crippen LogP contribution in [-0.2, 0) is 6.54 Å². The van der Waals surface area contributed by atoms with Gasteiger partial charge in [0.1, 0.15) is 17.3 Å². The van der Waals surface area contributed by atoms with Crippen molar-refractivity contribution in [3.63, 3.8) is 0 Å². The fourth-order valence-electron chi connectivity index (χ4n) is 4.59. The van der Waals surface area contributed by atoms with E-state index in [0.29, 0.717) is 24.0 Å². The Labute approximate surface area is 207 Å². The van der Waals surface area contributed by atoms with E-state index in [1.54, 1.807) is 6.20 Å². The number of carboxylic acids is 1. The van der Waals surface area contributed by atoms with E-state index in [4.69, 9.17) is 0 Å². The lowest BCUT2D eigenvalue weighted by Gasteiger charge is -2.27. The van der Waals surface area contributed by atoms with Gasteiger partial charge in [0.2, 0.25) is 5.82 Å². The van der Waals surface area contributed by atoms with Gasteiger partial charge < -0.3 is 15.0 Å². The first-order valence-corrected chi connectivity index (χ1v) is 12.2. The second kappa shape index (κ2) is 10.0. The quantitative estimate of drug-likeness (QED) is 0.413. The summed E-state index contributed by atoms with van der Waals surface area (Å²) in [6.07, 6.45) is 1.23. The first-order valence-electron chi connectivity index (χ1n) is 12.2. The van der Waals surface area contributed by atoms with Crippen LogP contribution in [0.2, 0.25) is 0 Å². The van der Waals surface area contributed by atoms with Crippen molar-refractivity contribution in [3.05, 3.63) is 29.7 Å². The predicted octanol–water partition coefficient (Wildman–Crippen LogP) is 5.90. The Hall–Kier alpha value is -3.24. The molecule has 0 spiro atoms. The molecule has 1 aliphatic carbocycles. The molecule has 1 atom stereocenters. The number of anilines is 1. The number of nitrogens with zero attached hydrogens (tertiary/aromatic N) is 5. The van der Waals surface area contributed by atoms with Crippen LogP contribution in [0.25, 0.3) is 22.7 Å². The van der Waals surface area contributed by atoms with Crippen LogP contribution in [0.1, 0.15) is 75.5 Å². The van der Waals surface area contributed by atoms with Gasteiger partial charge >= 0.3 is 12.1 Å². The Bertz CT molecular complexity index is 1250. The van der Waals surface area contributed by atoms with Gasteiger partial charge in [0.15, 0.2) is 17.3 Å². The molecule has 0 bridgehead atoms. The number of imidazole rings is 1. The summed E-state index contributed by atoms with van der Waals surface area (Å²) in [5, 5.41) is 11.9. The topological polar surface area (TPSA) is 106 Å². The number of aromatic carboxylic acids is 1. The van der Waals surface area contributed by atoms with Crippen molar-refractivity contribution in [2.45, 2.75) is 78.1 Å². The van der Waals surface area contributed by atoms with Crippen LogP contribution >= 0.6 is 0 Å². The second-order valence-electron chi connectivity index (χ2n) is 10.1. The first-order chi connectivity index (χ1) is 16.9. The standard InChI is InChI=1S/C25H31F3N6O2/c1-13(2)17-9-10-29-18(11-17)23-33-21-19(34(23)12-16-7-5-14(3)6-8-16)20(30-15(4)25(26,27)28)31-22(32-21)24(35)36/h9-11,13-16H,5-8,12H2,1-4H3,(H,35,36)(H,30,31,32)/t14-,15-,16-/m1/s1.